The maximum Gasteiger partial charge on any atom is 0.416 e. The molecule has 2 aliphatic rings. The number of hydrogen-bond donors (Lipinski definition) is 1. The first kappa shape index (κ1) is 17.8. The van der Waals surface area contributed by atoms with Crippen LogP contribution in [-0.2, 0) is 18.0 Å². The van der Waals surface area contributed by atoms with E-state index in [9.17, 15) is 31.1 Å². The van der Waals surface area contributed by atoms with Crippen molar-refractivity contribution in [1.29, 1.82) is 0 Å². The molecular weight excluding hydrogens is 374 g/mol. The van der Waals surface area contributed by atoms with Gasteiger partial charge in [0.05, 0.1) is 35.3 Å². The molecule has 27 heavy (non-hydrogen) atoms. The number of alkyl halides is 6. The van der Waals surface area contributed by atoms with E-state index in [2.05, 4.69) is 0 Å². The lowest BCUT2D eigenvalue weighted by molar-refractivity contribution is -0.716. The Morgan fingerprint density at radius 3 is 2.11 bits per heavy atom. The lowest BCUT2D eigenvalue weighted by Gasteiger charge is -2.30. The van der Waals surface area contributed by atoms with E-state index in [1.165, 1.54) is 11.0 Å². The molecule has 0 bridgehead atoms. The van der Waals surface area contributed by atoms with Crippen LogP contribution in [0.4, 0.5) is 26.3 Å². The molecule has 0 spiro atoms. The molecule has 0 aromatic heterocycles. The van der Waals surface area contributed by atoms with Crippen LogP contribution in [0.1, 0.15) is 32.6 Å². The average Bonchev–Trinajstić information content (AvgIpc) is 3.13. The van der Waals surface area contributed by atoms with Crippen LogP contribution < -0.4 is 5.32 Å². The van der Waals surface area contributed by atoms with Crippen molar-refractivity contribution in [3.05, 3.63) is 70.3 Å². The summed E-state index contributed by atoms with van der Waals surface area (Å²) in [6, 6.07) is 7.84. The molecule has 1 atom stereocenters. The Bertz CT molecular complexity index is 904. The molecule has 9 heteroatoms. The molecule has 3 nitrogen and oxygen atoms in total. The van der Waals surface area contributed by atoms with E-state index in [4.69, 9.17) is 0 Å². The number of carbonyl (C=O) groups excluding carboxylic acids is 1. The Labute approximate surface area is 149 Å². The SMILES string of the molecule is O=C1c2ccccc2[C@@]2(c3cc(C(F)(F)F)cc(C(F)(F)F)c3)[NH2+]CCN12. The second-order valence-electron chi connectivity index (χ2n) is 6.56. The zero-order valence-corrected chi connectivity index (χ0v) is 13.7. The van der Waals surface area contributed by atoms with Crippen LogP contribution in [0.3, 0.4) is 0 Å². The summed E-state index contributed by atoms with van der Waals surface area (Å²) in [6.45, 7) is 0.600. The van der Waals surface area contributed by atoms with Gasteiger partial charge in [0.1, 0.15) is 0 Å². The molecule has 0 saturated carbocycles. The van der Waals surface area contributed by atoms with Crippen molar-refractivity contribution in [3.8, 4) is 0 Å². The third kappa shape index (κ3) is 2.52. The molecular formula is C18H13F6N2O+. The first-order valence-electron chi connectivity index (χ1n) is 8.11. The number of nitrogens with zero attached hydrogens (tertiary/aromatic N) is 1. The molecule has 0 radical (unpaired) electrons. The molecule has 2 N–H and O–H groups in total. The summed E-state index contributed by atoms with van der Waals surface area (Å²) in [7, 11) is 0. The van der Waals surface area contributed by atoms with Gasteiger partial charge in [-0.2, -0.15) is 26.3 Å². The van der Waals surface area contributed by atoms with Gasteiger partial charge in [-0.05, 0) is 30.3 Å². The summed E-state index contributed by atoms with van der Waals surface area (Å²) in [6.07, 6.45) is -9.89. The summed E-state index contributed by atoms with van der Waals surface area (Å²) < 4.78 is 79.7. The minimum absolute atomic E-state index is 0.0993. The zero-order chi connectivity index (χ0) is 19.6. The summed E-state index contributed by atoms with van der Waals surface area (Å²) in [5.41, 5.74) is -3.72. The van der Waals surface area contributed by atoms with Crippen LogP contribution >= 0.6 is 0 Å². The van der Waals surface area contributed by atoms with Crippen LogP contribution in [0.15, 0.2) is 42.5 Å². The van der Waals surface area contributed by atoms with Crippen LogP contribution in [0.5, 0.6) is 0 Å². The maximum atomic E-state index is 13.3. The number of halogens is 6. The predicted octanol–water partition coefficient (Wildman–Crippen LogP) is 2.96. The fourth-order valence-electron chi connectivity index (χ4n) is 3.96. The fourth-order valence-corrected chi connectivity index (χ4v) is 3.96. The van der Waals surface area contributed by atoms with Gasteiger partial charge in [-0.15, -0.1) is 0 Å². The van der Waals surface area contributed by atoms with Crippen LogP contribution in [0, 0.1) is 0 Å². The van der Waals surface area contributed by atoms with Gasteiger partial charge < -0.3 is 5.32 Å². The number of rotatable bonds is 1. The summed E-state index contributed by atoms with van der Waals surface area (Å²) >= 11 is 0. The quantitative estimate of drug-likeness (QED) is 0.751. The number of nitrogens with two attached hydrogens (primary N) is 1. The second kappa shape index (κ2) is 5.48. The van der Waals surface area contributed by atoms with Gasteiger partial charge in [0, 0.05) is 5.56 Å². The molecule has 2 aromatic rings. The van der Waals surface area contributed by atoms with Crippen molar-refractivity contribution < 1.29 is 36.5 Å². The highest BCUT2D eigenvalue weighted by Crippen LogP contribution is 2.44. The molecule has 2 aromatic carbocycles. The van der Waals surface area contributed by atoms with Gasteiger partial charge in [0.2, 0.25) is 5.66 Å². The number of carbonyl (C=O) groups is 1. The van der Waals surface area contributed by atoms with Crippen molar-refractivity contribution in [1.82, 2.24) is 4.90 Å². The summed E-state index contributed by atoms with van der Waals surface area (Å²) in [4.78, 5) is 14.0. The van der Waals surface area contributed by atoms with E-state index in [0.29, 0.717) is 29.8 Å². The van der Waals surface area contributed by atoms with Gasteiger partial charge in [0.25, 0.3) is 5.91 Å². The maximum absolute atomic E-state index is 13.3. The summed E-state index contributed by atoms with van der Waals surface area (Å²) in [5.74, 6) is -0.398. The predicted molar refractivity (Wildman–Crippen MR) is 81.5 cm³/mol. The smallest absolute Gasteiger partial charge is 0.315 e. The molecule has 1 amide bonds. The largest absolute Gasteiger partial charge is 0.416 e. The average molecular weight is 387 g/mol. The first-order valence-corrected chi connectivity index (χ1v) is 8.11. The van der Waals surface area contributed by atoms with E-state index < -0.39 is 35.0 Å². The summed E-state index contributed by atoms with van der Waals surface area (Å²) in [5, 5.41) is 1.62. The van der Waals surface area contributed by atoms with Crippen LogP contribution in [0.2, 0.25) is 0 Å². The van der Waals surface area contributed by atoms with E-state index in [-0.39, 0.29) is 18.2 Å². The Morgan fingerprint density at radius 2 is 1.52 bits per heavy atom. The Hall–Kier alpha value is -2.55. The molecule has 2 aliphatic heterocycles. The highest BCUT2D eigenvalue weighted by Gasteiger charge is 2.58. The topological polar surface area (TPSA) is 36.9 Å². The van der Waals surface area contributed by atoms with E-state index in [1.807, 2.05) is 0 Å². The van der Waals surface area contributed by atoms with Gasteiger partial charge >= 0.3 is 12.4 Å². The third-order valence-electron chi connectivity index (χ3n) is 5.06. The van der Waals surface area contributed by atoms with Crippen molar-refractivity contribution in [3.63, 3.8) is 0 Å². The zero-order valence-electron chi connectivity index (χ0n) is 13.7. The molecule has 0 aliphatic carbocycles. The minimum Gasteiger partial charge on any atom is -0.315 e. The second-order valence-corrected chi connectivity index (χ2v) is 6.56. The van der Waals surface area contributed by atoms with Gasteiger partial charge in [-0.25, -0.2) is 0 Å². The Morgan fingerprint density at radius 1 is 0.926 bits per heavy atom. The van der Waals surface area contributed by atoms with Gasteiger partial charge in [0.15, 0.2) is 0 Å². The van der Waals surface area contributed by atoms with Crippen LogP contribution in [-0.4, -0.2) is 23.9 Å². The van der Waals surface area contributed by atoms with Crippen molar-refractivity contribution in [2.24, 2.45) is 0 Å². The molecule has 1 fully saturated rings. The van der Waals surface area contributed by atoms with E-state index in [0.717, 1.165) is 0 Å². The van der Waals surface area contributed by atoms with E-state index >= 15 is 0 Å². The third-order valence-corrected chi connectivity index (χ3v) is 5.06. The monoisotopic (exact) mass is 387 g/mol. The number of fused-ring (bicyclic) bond motifs is 3. The highest BCUT2D eigenvalue weighted by molar-refractivity contribution is 6.00. The molecule has 1 saturated heterocycles. The lowest BCUT2D eigenvalue weighted by atomic mass is 9.89. The number of quaternary nitrogens is 1. The number of benzene rings is 2. The molecule has 0 unspecified atom stereocenters. The Kier molecular flexibility index (Phi) is 3.62. The van der Waals surface area contributed by atoms with E-state index in [1.54, 1.807) is 23.5 Å². The van der Waals surface area contributed by atoms with Gasteiger partial charge in [-0.1, -0.05) is 12.1 Å². The normalized spacial score (nSPS) is 22.1. The minimum atomic E-state index is -4.95. The Balaban J connectivity index is 2.01. The highest BCUT2D eigenvalue weighted by atomic mass is 19.4. The van der Waals surface area contributed by atoms with Gasteiger partial charge in [-0.3, -0.25) is 9.69 Å². The molecule has 4 rings (SSSR count). The molecule has 142 valence electrons. The van der Waals surface area contributed by atoms with Crippen LogP contribution in [0.25, 0.3) is 0 Å². The van der Waals surface area contributed by atoms with Crippen molar-refractivity contribution in [2.75, 3.05) is 13.1 Å². The van der Waals surface area contributed by atoms with Crippen molar-refractivity contribution in [2.45, 2.75) is 18.0 Å². The van der Waals surface area contributed by atoms with Crippen molar-refractivity contribution >= 4 is 5.91 Å². The lowest BCUT2D eigenvalue weighted by Crippen LogP contribution is -2.93. The fraction of sp³-hybridized carbons (Fsp3) is 0.278. The number of amides is 1. The standard InChI is InChI=1S/C18H12F6N2O/c19-17(20,21)11-7-10(8-12(9-11)18(22,23)24)16-14-4-2-1-3-13(14)15(27)26(16)6-5-25-16/h1-4,7-9,25H,5-6H2/p+1/t16-/m0/s1. The number of hydrogen-bond acceptors (Lipinski definition) is 1. The molecule has 2 heterocycles. The first-order chi connectivity index (χ1) is 12.5.